The van der Waals surface area contributed by atoms with Gasteiger partial charge in [0.2, 0.25) is 5.91 Å². The van der Waals surface area contributed by atoms with Gasteiger partial charge in [-0.3, -0.25) is 9.69 Å². The average Bonchev–Trinajstić information content (AvgIpc) is 3.35. The molecule has 0 spiro atoms. The number of ether oxygens (including phenoxy) is 1. The van der Waals surface area contributed by atoms with Gasteiger partial charge in [0.1, 0.15) is 18.5 Å². The second kappa shape index (κ2) is 8.94. The van der Waals surface area contributed by atoms with Crippen LogP contribution < -0.4 is 10.1 Å². The van der Waals surface area contributed by atoms with E-state index in [1.807, 2.05) is 0 Å². The highest BCUT2D eigenvalue weighted by molar-refractivity contribution is 5.90. The molecule has 2 aromatic heterocycles. The second-order valence-electron chi connectivity index (χ2n) is 7.31. The van der Waals surface area contributed by atoms with Crippen LogP contribution in [0.2, 0.25) is 0 Å². The number of imidazole rings is 1. The van der Waals surface area contributed by atoms with Crippen LogP contribution in [0.25, 0.3) is 17.2 Å². The summed E-state index contributed by atoms with van der Waals surface area (Å²) in [5.41, 5.74) is 0.438. The molecule has 0 radical (unpaired) electrons. The van der Waals surface area contributed by atoms with Crippen LogP contribution >= 0.6 is 0 Å². The van der Waals surface area contributed by atoms with Gasteiger partial charge in [-0.05, 0) is 19.4 Å². The summed E-state index contributed by atoms with van der Waals surface area (Å²) in [6.07, 6.45) is 2.33. The minimum Gasteiger partial charge on any atom is -0.403 e. The van der Waals surface area contributed by atoms with Crippen molar-refractivity contribution in [2.75, 3.05) is 13.1 Å². The number of alkyl halides is 3. The molecule has 4 rings (SSSR count). The number of nitrogens with zero attached hydrogens (tertiary/aromatic N) is 5. The number of fused-ring (bicyclic) bond motifs is 1. The van der Waals surface area contributed by atoms with E-state index in [1.165, 1.54) is 29.6 Å². The van der Waals surface area contributed by atoms with Crippen LogP contribution in [-0.4, -0.2) is 61.0 Å². The van der Waals surface area contributed by atoms with Crippen LogP contribution in [-0.2, 0) is 11.3 Å². The molecule has 170 valence electrons. The van der Waals surface area contributed by atoms with E-state index in [2.05, 4.69) is 35.0 Å². The predicted octanol–water partition coefficient (Wildman–Crippen LogP) is 2.44. The van der Waals surface area contributed by atoms with Crippen molar-refractivity contribution in [1.82, 2.24) is 34.9 Å². The number of rotatable bonds is 6. The van der Waals surface area contributed by atoms with Crippen LogP contribution in [0.4, 0.5) is 17.6 Å². The van der Waals surface area contributed by atoms with Gasteiger partial charge in [0.25, 0.3) is 0 Å². The molecular weight excluding hydrogens is 434 g/mol. The van der Waals surface area contributed by atoms with Crippen molar-refractivity contribution in [2.45, 2.75) is 31.8 Å². The standard InChI is InChI=1S/C19H19F4N7O2/c20-13-6-14-15(7-16(13)32-19(21,22)23)28-17(27-14)9-29-4-1-2-12(8-29)26-18(31)3-5-30-11-24-10-25-30/h3,5-7,10-12H,1-2,4,8-9H2,(H,26,31)(H,27,28)/b5-3+/t12-/m1/s1. The predicted molar refractivity (Wildman–Crippen MR) is 105 cm³/mol. The van der Waals surface area contributed by atoms with Crippen molar-refractivity contribution >= 4 is 23.1 Å². The lowest BCUT2D eigenvalue weighted by atomic mass is 10.1. The molecule has 13 heteroatoms. The SMILES string of the molecule is O=C(/C=C/n1cncn1)N[C@@H]1CCCN(Cc2nc3cc(OC(F)(F)F)c(F)cc3[nH]2)C1. The van der Waals surface area contributed by atoms with Crippen molar-refractivity contribution in [1.29, 1.82) is 0 Å². The van der Waals surface area contributed by atoms with Crippen molar-refractivity contribution in [3.05, 3.63) is 42.5 Å². The fourth-order valence-electron chi connectivity index (χ4n) is 3.56. The van der Waals surface area contributed by atoms with Crippen molar-refractivity contribution < 1.29 is 27.1 Å². The molecule has 2 N–H and O–H groups in total. The monoisotopic (exact) mass is 453 g/mol. The van der Waals surface area contributed by atoms with Gasteiger partial charge in [-0.25, -0.2) is 19.0 Å². The van der Waals surface area contributed by atoms with Crippen LogP contribution in [0.5, 0.6) is 5.75 Å². The lowest BCUT2D eigenvalue weighted by molar-refractivity contribution is -0.275. The number of aromatic amines is 1. The Balaban J connectivity index is 1.37. The van der Waals surface area contributed by atoms with Crippen LogP contribution in [0.15, 0.2) is 30.9 Å². The third kappa shape index (κ3) is 5.60. The lowest BCUT2D eigenvalue weighted by Gasteiger charge is -2.32. The van der Waals surface area contributed by atoms with Crippen LogP contribution in [0.3, 0.4) is 0 Å². The van der Waals surface area contributed by atoms with Gasteiger partial charge in [-0.2, -0.15) is 5.10 Å². The van der Waals surface area contributed by atoms with E-state index >= 15 is 0 Å². The zero-order valence-electron chi connectivity index (χ0n) is 16.6. The maximum atomic E-state index is 13.9. The zero-order valence-corrected chi connectivity index (χ0v) is 16.6. The number of benzene rings is 1. The topological polar surface area (TPSA) is 101 Å². The molecule has 0 bridgehead atoms. The summed E-state index contributed by atoms with van der Waals surface area (Å²) < 4.78 is 56.3. The first-order valence-corrected chi connectivity index (χ1v) is 9.74. The maximum Gasteiger partial charge on any atom is 0.573 e. The number of halogens is 4. The molecule has 1 fully saturated rings. The highest BCUT2D eigenvalue weighted by Crippen LogP contribution is 2.29. The molecule has 3 heterocycles. The summed E-state index contributed by atoms with van der Waals surface area (Å²) in [7, 11) is 0. The van der Waals surface area contributed by atoms with Gasteiger partial charge in [-0.15, -0.1) is 13.2 Å². The lowest BCUT2D eigenvalue weighted by Crippen LogP contribution is -2.47. The summed E-state index contributed by atoms with van der Waals surface area (Å²) in [5.74, 6) is -1.85. The van der Waals surface area contributed by atoms with E-state index < -0.39 is 17.9 Å². The summed E-state index contributed by atoms with van der Waals surface area (Å²) in [6, 6.07) is 1.76. The molecule has 1 saturated heterocycles. The number of carbonyl (C=O) groups is 1. The number of aromatic nitrogens is 5. The van der Waals surface area contributed by atoms with Gasteiger partial charge in [-0.1, -0.05) is 0 Å². The van der Waals surface area contributed by atoms with E-state index in [9.17, 15) is 22.4 Å². The number of hydrogen-bond acceptors (Lipinski definition) is 6. The number of likely N-dealkylation sites (tertiary alicyclic amines) is 1. The first kappa shape index (κ1) is 21.7. The van der Waals surface area contributed by atoms with Crippen molar-refractivity contribution in [3.63, 3.8) is 0 Å². The average molecular weight is 453 g/mol. The van der Waals surface area contributed by atoms with E-state index in [0.29, 0.717) is 18.9 Å². The molecule has 1 aliphatic rings. The Morgan fingerprint density at radius 1 is 1.38 bits per heavy atom. The summed E-state index contributed by atoms with van der Waals surface area (Å²) in [5, 5.41) is 6.80. The zero-order chi connectivity index (χ0) is 22.7. The maximum absolute atomic E-state index is 13.9. The number of carbonyl (C=O) groups excluding carboxylic acids is 1. The van der Waals surface area contributed by atoms with Gasteiger partial charge in [0.15, 0.2) is 11.6 Å². The van der Waals surface area contributed by atoms with Gasteiger partial charge in [0.05, 0.1) is 17.6 Å². The fourth-order valence-corrected chi connectivity index (χ4v) is 3.56. The van der Waals surface area contributed by atoms with Crippen LogP contribution in [0.1, 0.15) is 18.7 Å². The molecule has 1 aliphatic heterocycles. The molecule has 0 saturated carbocycles. The summed E-state index contributed by atoms with van der Waals surface area (Å²) in [4.78, 5) is 25.1. The third-order valence-electron chi connectivity index (χ3n) is 4.85. The van der Waals surface area contributed by atoms with E-state index in [0.717, 1.165) is 31.5 Å². The number of hydrogen-bond donors (Lipinski definition) is 2. The third-order valence-corrected chi connectivity index (χ3v) is 4.85. The van der Waals surface area contributed by atoms with Gasteiger partial charge >= 0.3 is 6.36 Å². The second-order valence-corrected chi connectivity index (χ2v) is 7.31. The number of amides is 1. The molecule has 1 atom stereocenters. The molecule has 0 unspecified atom stereocenters. The normalized spacial score (nSPS) is 17.8. The first-order chi connectivity index (χ1) is 15.2. The van der Waals surface area contributed by atoms with E-state index in [-0.39, 0.29) is 23.0 Å². The Morgan fingerprint density at radius 2 is 2.22 bits per heavy atom. The summed E-state index contributed by atoms with van der Waals surface area (Å²) >= 11 is 0. The number of nitrogens with one attached hydrogen (secondary N) is 2. The largest absolute Gasteiger partial charge is 0.573 e. The molecule has 0 aliphatic carbocycles. The first-order valence-electron chi connectivity index (χ1n) is 9.74. The number of H-pyrrole nitrogens is 1. The summed E-state index contributed by atoms with van der Waals surface area (Å²) in [6.45, 7) is 1.69. The Hall–Kier alpha value is -3.48. The van der Waals surface area contributed by atoms with E-state index in [4.69, 9.17) is 0 Å². The van der Waals surface area contributed by atoms with Gasteiger partial charge < -0.3 is 15.0 Å². The van der Waals surface area contributed by atoms with E-state index in [1.54, 1.807) is 0 Å². The molecule has 1 amide bonds. The minimum absolute atomic E-state index is 0.0785. The number of piperidine rings is 1. The van der Waals surface area contributed by atoms with Crippen molar-refractivity contribution in [3.8, 4) is 5.75 Å². The molecule has 1 aromatic carbocycles. The molecular formula is C19H19F4N7O2. The fraction of sp³-hybridized carbons (Fsp3) is 0.368. The molecule has 9 nitrogen and oxygen atoms in total. The highest BCUT2D eigenvalue weighted by atomic mass is 19.4. The molecule has 3 aromatic rings. The Kier molecular flexibility index (Phi) is 6.08. The Morgan fingerprint density at radius 3 is 2.97 bits per heavy atom. The smallest absolute Gasteiger partial charge is 0.403 e. The van der Waals surface area contributed by atoms with Gasteiger partial charge in [0, 0.05) is 37.0 Å². The van der Waals surface area contributed by atoms with Crippen LogP contribution in [0, 0.1) is 5.82 Å². The molecule has 32 heavy (non-hydrogen) atoms. The minimum atomic E-state index is -4.99. The Bertz CT molecular complexity index is 1110. The highest BCUT2D eigenvalue weighted by Gasteiger charge is 2.32. The quantitative estimate of drug-likeness (QED) is 0.439. The Labute approximate surface area is 179 Å². The van der Waals surface area contributed by atoms with Crippen molar-refractivity contribution in [2.24, 2.45) is 0 Å².